The van der Waals surface area contributed by atoms with E-state index in [1.54, 1.807) is 30.3 Å². The zero-order chi connectivity index (χ0) is 17.7. The lowest BCUT2D eigenvalue weighted by atomic mass is 10.1. The maximum Gasteiger partial charge on any atom is 0.275 e. The number of carbonyl (C=O) groups is 1. The predicted octanol–water partition coefficient (Wildman–Crippen LogP) is 2.96. The van der Waals surface area contributed by atoms with E-state index < -0.39 is 29.3 Å². The minimum atomic E-state index is -0.896. The third-order valence-electron chi connectivity index (χ3n) is 2.93. The van der Waals surface area contributed by atoms with Crippen LogP contribution < -0.4 is 16.2 Å². The minimum absolute atomic E-state index is 0.124. The van der Waals surface area contributed by atoms with Gasteiger partial charge in [-0.1, -0.05) is 18.2 Å². The summed E-state index contributed by atoms with van der Waals surface area (Å²) in [6.07, 6.45) is 1.27. The number of para-hydroxylation sites is 1. The Morgan fingerprint density at radius 2 is 1.71 bits per heavy atom. The van der Waals surface area contributed by atoms with E-state index in [2.05, 4.69) is 4.99 Å². The van der Waals surface area contributed by atoms with Crippen molar-refractivity contribution in [3.63, 3.8) is 0 Å². The van der Waals surface area contributed by atoms with Crippen molar-refractivity contribution in [3.8, 4) is 11.5 Å². The van der Waals surface area contributed by atoms with Gasteiger partial charge in [-0.2, -0.15) is 4.99 Å². The number of guanidine groups is 1. The van der Waals surface area contributed by atoms with E-state index >= 15 is 0 Å². The predicted molar refractivity (Wildman–Crippen MR) is 87.3 cm³/mol. The number of hydrogen-bond acceptors (Lipinski definition) is 2. The average molecular weight is 331 g/mol. The van der Waals surface area contributed by atoms with Crippen molar-refractivity contribution in [2.24, 2.45) is 16.5 Å². The lowest BCUT2D eigenvalue weighted by molar-refractivity contribution is -0.114. The molecule has 2 aromatic carbocycles. The smallest absolute Gasteiger partial charge is 0.275 e. The molecule has 0 radical (unpaired) electrons. The van der Waals surface area contributed by atoms with Crippen molar-refractivity contribution in [2.45, 2.75) is 6.92 Å². The molecule has 2 rings (SSSR count). The molecule has 0 atom stereocenters. The van der Waals surface area contributed by atoms with E-state index in [-0.39, 0.29) is 11.1 Å². The summed E-state index contributed by atoms with van der Waals surface area (Å²) in [5.41, 5.74) is 10.5. The lowest BCUT2D eigenvalue weighted by Gasteiger charge is -2.09. The first kappa shape index (κ1) is 17.1. The van der Waals surface area contributed by atoms with Gasteiger partial charge in [-0.3, -0.25) is 4.79 Å². The topological polar surface area (TPSA) is 90.7 Å². The summed E-state index contributed by atoms with van der Waals surface area (Å²) in [7, 11) is 0. The highest BCUT2D eigenvalue weighted by Crippen LogP contribution is 2.29. The Morgan fingerprint density at radius 3 is 2.25 bits per heavy atom. The van der Waals surface area contributed by atoms with Gasteiger partial charge < -0.3 is 16.2 Å². The minimum Gasteiger partial charge on any atom is -0.451 e. The summed E-state index contributed by atoms with van der Waals surface area (Å²) in [5.74, 6) is -3.10. The Hall–Kier alpha value is -3.22. The van der Waals surface area contributed by atoms with Gasteiger partial charge >= 0.3 is 0 Å². The van der Waals surface area contributed by atoms with Gasteiger partial charge in [-0.25, -0.2) is 8.78 Å². The number of aliphatic imine (C=N–C) groups is 1. The van der Waals surface area contributed by atoms with E-state index in [0.717, 1.165) is 12.1 Å². The van der Waals surface area contributed by atoms with E-state index in [0.29, 0.717) is 5.75 Å². The fourth-order valence-corrected chi connectivity index (χ4v) is 1.88. The summed E-state index contributed by atoms with van der Waals surface area (Å²) in [5, 5.41) is 0. The van der Waals surface area contributed by atoms with Crippen molar-refractivity contribution in [2.75, 3.05) is 0 Å². The van der Waals surface area contributed by atoms with E-state index in [1.165, 1.54) is 13.0 Å². The molecule has 0 saturated heterocycles. The Labute approximate surface area is 137 Å². The molecule has 4 N–H and O–H groups in total. The number of nitrogens with zero attached hydrogens (tertiary/aromatic N) is 1. The third kappa shape index (κ3) is 4.39. The van der Waals surface area contributed by atoms with Crippen molar-refractivity contribution < 1.29 is 18.3 Å². The summed E-state index contributed by atoms with van der Waals surface area (Å²) in [6.45, 7) is 1.43. The van der Waals surface area contributed by atoms with Crippen LogP contribution in [0.1, 0.15) is 12.5 Å². The maximum atomic E-state index is 14.1. The molecule has 0 aromatic heterocycles. The number of halogens is 2. The Balaban J connectivity index is 2.29. The highest BCUT2D eigenvalue weighted by atomic mass is 19.1. The number of rotatable bonds is 4. The number of hydrogen-bond donors (Lipinski definition) is 2. The summed E-state index contributed by atoms with van der Waals surface area (Å²) in [4.78, 5) is 15.0. The van der Waals surface area contributed by atoms with Gasteiger partial charge in [0.15, 0.2) is 23.3 Å². The number of amides is 1. The second kappa shape index (κ2) is 7.36. The molecular formula is C17H15F2N3O2. The highest BCUT2D eigenvalue weighted by Gasteiger charge is 2.14. The van der Waals surface area contributed by atoms with Crippen LogP contribution in [-0.2, 0) is 4.79 Å². The van der Waals surface area contributed by atoms with Gasteiger partial charge in [0, 0.05) is 5.57 Å². The standard InChI is InChI=1S/C17H15F2N3O2/c1-10(16(23)22-17(20)21)7-11-8-13(18)15(14(19)9-11)24-12-5-3-2-4-6-12/h2-9H,1H3,(H4,20,21,22,23). The van der Waals surface area contributed by atoms with Crippen LogP contribution in [0.25, 0.3) is 6.08 Å². The largest absolute Gasteiger partial charge is 0.451 e. The normalized spacial score (nSPS) is 11.0. The fourth-order valence-electron chi connectivity index (χ4n) is 1.88. The molecule has 1 amide bonds. The second-order valence-corrected chi connectivity index (χ2v) is 4.90. The molecule has 24 heavy (non-hydrogen) atoms. The number of ether oxygens (including phenoxy) is 1. The molecule has 0 saturated carbocycles. The molecule has 0 aliphatic carbocycles. The molecule has 0 aliphatic heterocycles. The molecule has 0 heterocycles. The molecule has 5 nitrogen and oxygen atoms in total. The number of carbonyl (C=O) groups excluding carboxylic acids is 1. The van der Waals surface area contributed by atoms with Crippen molar-refractivity contribution in [1.29, 1.82) is 0 Å². The van der Waals surface area contributed by atoms with Crippen LogP contribution in [0, 0.1) is 11.6 Å². The first-order valence-corrected chi connectivity index (χ1v) is 6.91. The van der Waals surface area contributed by atoms with Crippen LogP contribution in [0.2, 0.25) is 0 Å². The Bertz CT molecular complexity index is 791. The first-order valence-electron chi connectivity index (χ1n) is 6.91. The molecule has 7 heteroatoms. The molecule has 0 aliphatic rings. The quantitative estimate of drug-likeness (QED) is 0.512. The van der Waals surface area contributed by atoms with Gasteiger partial charge in [0.2, 0.25) is 0 Å². The van der Waals surface area contributed by atoms with Crippen LogP contribution >= 0.6 is 0 Å². The number of benzene rings is 2. The van der Waals surface area contributed by atoms with E-state index in [4.69, 9.17) is 16.2 Å². The third-order valence-corrected chi connectivity index (χ3v) is 2.93. The molecule has 0 fully saturated rings. The van der Waals surface area contributed by atoms with Gasteiger partial charge in [0.1, 0.15) is 5.75 Å². The van der Waals surface area contributed by atoms with E-state index in [1.807, 2.05) is 0 Å². The summed E-state index contributed by atoms with van der Waals surface area (Å²) in [6, 6.07) is 10.4. The maximum absolute atomic E-state index is 14.1. The van der Waals surface area contributed by atoms with Gasteiger partial charge in [-0.15, -0.1) is 0 Å². The SMILES string of the molecule is CC(=Cc1cc(F)c(Oc2ccccc2)c(F)c1)C(=O)N=C(N)N. The van der Waals surface area contributed by atoms with Gasteiger partial charge in [0.25, 0.3) is 5.91 Å². The molecule has 0 unspecified atom stereocenters. The lowest BCUT2D eigenvalue weighted by Crippen LogP contribution is -2.24. The van der Waals surface area contributed by atoms with E-state index in [9.17, 15) is 13.6 Å². The monoisotopic (exact) mass is 331 g/mol. The van der Waals surface area contributed by atoms with Crippen LogP contribution in [-0.4, -0.2) is 11.9 Å². The van der Waals surface area contributed by atoms with Crippen molar-refractivity contribution in [1.82, 2.24) is 0 Å². The molecule has 2 aromatic rings. The van der Waals surface area contributed by atoms with Gasteiger partial charge in [0.05, 0.1) is 0 Å². The molecular weight excluding hydrogens is 316 g/mol. The van der Waals surface area contributed by atoms with Crippen LogP contribution in [0.4, 0.5) is 8.78 Å². The number of nitrogens with two attached hydrogens (primary N) is 2. The van der Waals surface area contributed by atoms with Crippen LogP contribution in [0.3, 0.4) is 0 Å². The zero-order valence-electron chi connectivity index (χ0n) is 12.8. The highest BCUT2D eigenvalue weighted by molar-refractivity contribution is 6.03. The fraction of sp³-hybridized carbons (Fsp3) is 0.0588. The summed E-state index contributed by atoms with van der Waals surface area (Å²) < 4.78 is 33.4. The Kier molecular flexibility index (Phi) is 5.26. The van der Waals surface area contributed by atoms with Crippen LogP contribution in [0.5, 0.6) is 11.5 Å². The van der Waals surface area contributed by atoms with Crippen LogP contribution in [0.15, 0.2) is 53.0 Å². The Morgan fingerprint density at radius 1 is 1.12 bits per heavy atom. The summed E-state index contributed by atoms with van der Waals surface area (Å²) >= 11 is 0. The average Bonchev–Trinajstić information content (AvgIpc) is 2.51. The van der Waals surface area contributed by atoms with Crippen molar-refractivity contribution in [3.05, 3.63) is 65.2 Å². The molecule has 124 valence electrons. The molecule has 0 bridgehead atoms. The second-order valence-electron chi connectivity index (χ2n) is 4.90. The van der Waals surface area contributed by atoms with Gasteiger partial charge in [-0.05, 0) is 42.8 Å². The zero-order valence-corrected chi connectivity index (χ0v) is 12.8. The van der Waals surface area contributed by atoms with Crippen molar-refractivity contribution >= 4 is 17.9 Å². The molecule has 0 spiro atoms. The first-order chi connectivity index (χ1) is 11.4.